The summed E-state index contributed by atoms with van der Waals surface area (Å²) in [7, 11) is 0. The molecule has 15 heavy (non-hydrogen) atoms. The molecule has 1 atom stereocenters. The van der Waals surface area contributed by atoms with Crippen molar-refractivity contribution in [1.29, 1.82) is 0 Å². The molecule has 0 bridgehead atoms. The van der Waals surface area contributed by atoms with E-state index in [2.05, 4.69) is 19.2 Å². The second kappa shape index (κ2) is 8.12. The van der Waals surface area contributed by atoms with E-state index >= 15 is 0 Å². The van der Waals surface area contributed by atoms with Gasteiger partial charge < -0.3 is 10.1 Å². The minimum atomic E-state index is 0.807. The Labute approximate surface area is 94.8 Å². The zero-order valence-electron chi connectivity index (χ0n) is 10.4. The summed E-state index contributed by atoms with van der Waals surface area (Å²) in [5.74, 6) is 0.997. The molecule has 0 saturated heterocycles. The quantitative estimate of drug-likeness (QED) is 0.563. The maximum atomic E-state index is 5.33. The summed E-state index contributed by atoms with van der Waals surface area (Å²) in [4.78, 5) is 0. The van der Waals surface area contributed by atoms with Crippen LogP contribution in [0, 0.1) is 5.92 Å². The lowest BCUT2D eigenvalue weighted by Gasteiger charge is -2.16. The molecule has 1 aliphatic carbocycles. The predicted molar refractivity (Wildman–Crippen MR) is 65.1 cm³/mol. The van der Waals surface area contributed by atoms with Crippen LogP contribution in [0.15, 0.2) is 0 Å². The molecule has 0 radical (unpaired) electrons. The summed E-state index contributed by atoms with van der Waals surface area (Å²) < 4.78 is 5.33. The lowest BCUT2D eigenvalue weighted by Crippen LogP contribution is -2.30. The monoisotopic (exact) mass is 213 g/mol. The maximum absolute atomic E-state index is 5.33. The van der Waals surface area contributed by atoms with Crippen LogP contribution in [0.25, 0.3) is 0 Å². The molecular weight excluding hydrogens is 186 g/mol. The van der Waals surface area contributed by atoms with Gasteiger partial charge in [-0.3, -0.25) is 0 Å². The Bertz CT molecular complexity index is 145. The molecule has 0 aromatic heterocycles. The van der Waals surface area contributed by atoms with Crippen LogP contribution in [-0.2, 0) is 4.74 Å². The predicted octanol–water partition coefficient (Wildman–Crippen LogP) is 2.97. The first-order chi connectivity index (χ1) is 7.38. The van der Waals surface area contributed by atoms with Gasteiger partial charge in [0.05, 0.1) is 0 Å². The van der Waals surface area contributed by atoms with Gasteiger partial charge in [-0.15, -0.1) is 0 Å². The maximum Gasteiger partial charge on any atom is 0.0465 e. The van der Waals surface area contributed by atoms with Crippen molar-refractivity contribution in [2.45, 2.75) is 58.4 Å². The van der Waals surface area contributed by atoms with E-state index in [1.165, 1.54) is 38.5 Å². The Morgan fingerprint density at radius 1 is 1.20 bits per heavy atom. The Kier molecular flexibility index (Phi) is 7.03. The highest BCUT2D eigenvalue weighted by Crippen LogP contribution is 2.34. The normalized spacial score (nSPS) is 18.0. The second-order valence-electron chi connectivity index (χ2n) is 4.55. The number of hydrogen-bond donors (Lipinski definition) is 1. The molecule has 1 rings (SSSR count). The summed E-state index contributed by atoms with van der Waals surface area (Å²) in [6, 6.07) is 0.807. The van der Waals surface area contributed by atoms with Crippen molar-refractivity contribution in [1.82, 2.24) is 5.32 Å². The first-order valence-corrected chi connectivity index (χ1v) is 6.69. The highest BCUT2D eigenvalue weighted by atomic mass is 16.5. The van der Waals surface area contributed by atoms with Crippen LogP contribution in [0.3, 0.4) is 0 Å². The summed E-state index contributed by atoms with van der Waals surface area (Å²) in [5, 5.41) is 3.62. The number of nitrogens with one attached hydrogen (secondary N) is 1. The zero-order chi connectivity index (χ0) is 10.9. The number of unbranched alkanes of at least 4 members (excludes halogenated alkanes) is 2. The van der Waals surface area contributed by atoms with E-state index in [9.17, 15) is 0 Å². The van der Waals surface area contributed by atoms with E-state index < -0.39 is 0 Å². The van der Waals surface area contributed by atoms with E-state index in [4.69, 9.17) is 4.74 Å². The molecule has 0 aromatic rings. The van der Waals surface area contributed by atoms with Crippen molar-refractivity contribution in [2.75, 3.05) is 19.8 Å². The van der Waals surface area contributed by atoms with Crippen molar-refractivity contribution < 1.29 is 4.74 Å². The molecule has 1 aliphatic rings. The summed E-state index contributed by atoms with van der Waals surface area (Å²) >= 11 is 0. The smallest absolute Gasteiger partial charge is 0.0465 e. The molecule has 2 heteroatoms. The van der Waals surface area contributed by atoms with Gasteiger partial charge in [0.15, 0.2) is 0 Å². The molecule has 2 nitrogen and oxygen atoms in total. The van der Waals surface area contributed by atoms with Gasteiger partial charge in [0, 0.05) is 19.3 Å². The standard InChI is InChI=1S/C13H27NO/c1-3-14-13(12-9-10-12)8-6-5-7-11-15-4-2/h12-14H,3-11H2,1-2H3. The number of ether oxygens (including phenoxy) is 1. The average Bonchev–Trinajstić information content (AvgIpc) is 3.05. The molecule has 90 valence electrons. The van der Waals surface area contributed by atoms with E-state index in [1.807, 2.05) is 0 Å². The van der Waals surface area contributed by atoms with Crippen LogP contribution >= 0.6 is 0 Å². The largest absolute Gasteiger partial charge is 0.382 e. The average molecular weight is 213 g/mol. The fraction of sp³-hybridized carbons (Fsp3) is 1.00. The fourth-order valence-electron chi connectivity index (χ4n) is 2.15. The first-order valence-electron chi connectivity index (χ1n) is 6.69. The van der Waals surface area contributed by atoms with E-state index in [1.54, 1.807) is 0 Å². The van der Waals surface area contributed by atoms with Crippen LogP contribution < -0.4 is 5.32 Å². The molecule has 0 amide bonds. The molecule has 1 saturated carbocycles. The van der Waals surface area contributed by atoms with Crippen molar-refractivity contribution in [3.8, 4) is 0 Å². The van der Waals surface area contributed by atoms with E-state index in [0.717, 1.165) is 31.7 Å². The fourth-order valence-corrected chi connectivity index (χ4v) is 2.15. The van der Waals surface area contributed by atoms with Crippen molar-refractivity contribution in [2.24, 2.45) is 5.92 Å². The van der Waals surface area contributed by atoms with Gasteiger partial charge in [-0.2, -0.15) is 0 Å². The minimum Gasteiger partial charge on any atom is -0.382 e. The van der Waals surface area contributed by atoms with E-state index in [-0.39, 0.29) is 0 Å². The van der Waals surface area contributed by atoms with Gasteiger partial charge in [-0.05, 0) is 45.1 Å². The van der Waals surface area contributed by atoms with Gasteiger partial charge in [-0.25, -0.2) is 0 Å². The van der Waals surface area contributed by atoms with Crippen LogP contribution in [0.5, 0.6) is 0 Å². The zero-order valence-corrected chi connectivity index (χ0v) is 10.4. The van der Waals surface area contributed by atoms with Gasteiger partial charge in [0.1, 0.15) is 0 Å². The topological polar surface area (TPSA) is 21.3 Å². The highest BCUT2D eigenvalue weighted by Gasteiger charge is 2.29. The van der Waals surface area contributed by atoms with Crippen LogP contribution in [-0.4, -0.2) is 25.8 Å². The number of hydrogen-bond acceptors (Lipinski definition) is 2. The van der Waals surface area contributed by atoms with Gasteiger partial charge in [0.2, 0.25) is 0 Å². The van der Waals surface area contributed by atoms with Crippen molar-refractivity contribution in [3.63, 3.8) is 0 Å². The summed E-state index contributed by atoms with van der Waals surface area (Å²) in [5.41, 5.74) is 0. The molecule has 1 unspecified atom stereocenters. The Morgan fingerprint density at radius 2 is 2.00 bits per heavy atom. The van der Waals surface area contributed by atoms with Gasteiger partial charge >= 0.3 is 0 Å². The van der Waals surface area contributed by atoms with Gasteiger partial charge in [-0.1, -0.05) is 19.8 Å². The van der Waals surface area contributed by atoms with Crippen LogP contribution in [0.1, 0.15) is 52.4 Å². The lowest BCUT2D eigenvalue weighted by molar-refractivity contribution is 0.142. The van der Waals surface area contributed by atoms with E-state index in [0.29, 0.717) is 0 Å². The molecule has 0 aliphatic heterocycles. The Hall–Kier alpha value is -0.0800. The third-order valence-corrected chi connectivity index (χ3v) is 3.17. The van der Waals surface area contributed by atoms with Crippen molar-refractivity contribution in [3.05, 3.63) is 0 Å². The molecule has 1 N–H and O–H groups in total. The minimum absolute atomic E-state index is 0.807. The summed E-state index contributed by atoms with van der Waals surface area (Å²) in [6.07, 6.45) is 8.20. The first kappa shape index (κ1) is 13.0. The molecular formula is C13H27NO. The molecule has 0 spiro atoms. The lowest BCUT2D eigenvalue weighted by atomic mass is 10.0. The molecule has 0 aromatic carbocycles. The highest BCUT2D eigenvalue weighted by molar-refractivity contribution is 4.85. The van der Waals surface area contributed by atoms with Crippen LogP contribution in [0.4, 0.5) is 0 Å². The summed E-state index contributed by atoms with van der Waals surface area (Å²) in [6.45, 7) is 7.22. The third kappa shape index (κ3) is 6.16. The van der Waals surface area contributed by atoms with Gasteiger partial charge in [0.25, 0.3) is 0 Å². The van der Waals surface area contributed by atoms with Crippen LogP contribution in [0.2, 0.25) is 0 Å². The Morgan fingerprint density at radius 3 is 2.60 bits per heavy atom. The molecule has 1 fully saturated rings. The SMILES string of the molecule is CCNC(CCCCCOCC)C1CC1. The molecule has 0 heterocycles. The second-order valence-corrected chi connectivity index (χ2v) is 4.55. The third-order valence-electron chi connectivity index (χ3n) is 3.17. The van der Waals surface area contributed by atoms with Crippen molar-refractivity contribution >= 4 is 0 Å². The number of rotatable bonds is 10. The Balaban J connectivity index is 1.92.